The smallest absolute Gasteiger partial charge is 0.224 e. The van der Waals surface area contributed by atoms with Crippen LogP contribution in [0.5, 0.6) is 0 Å². The zero-order chi connectivity index (χ0) is 12.3. The summed E-state index contributed by atoms with van der Waals surface area (Å²) in [5.74, 6) is 1.98. The molecule has 2 heterocycles. The van der Waals surface area contributed by atoms with Gasteiger partial charge < -0.3 is 10.6 Å². The molecule has 2 rings (SSSR count). The van der Waals surface area contributed by atoms with Crippen molar-refractivity contribution in [3.63, 3.8) is 0 Å². The third kappa shape index (κ3) is 2.90. The van der Waals surface area contributed by atoms with Gasteiger partial charge in [-0.3, -0.25) is 4.68 Å². The van der Waals surface area contributed by atoms with Crippen LogP contribution in [0.15, 0.2) is 17.0 Å². The van der Waals surface area contributed by atoms with Gasteiger partial charge in [-0.05, 0) is 15.9 Å². The summed E-state index contributed by atoms with van der Waals surface area (Å²) >= 11 is 3.38. The summed E-state index contributed by atoms with van der Waals surface area (Å²) in [4.78, 5) is 12.5. The van der Waals surface area contributed by atoms with E-state index in [1.54, 1.807) is 24.3 Å². The van der Waals surface area contributed by atoms with E-state index in [4.69, 9.17) is 0 Å². The minimum absolute atomic E-state index is 0.513. The van der Waals surface area contributed by atoms with Gasteiger partial charge in [0, 0.05) is 20.3 Å². The Morgan fingerprint density at radius 3 is 2.88 bits per heavy atom. The molecule has 0 aromatic carbocycles. The van der Waals surface area contributed by atoms with E-state index >= 15 is 0 Å². The summed E-state index contributed by atoms with van der Waals surface area (Å²) in [6.07, 6.45) is 3.35. The average molecular weight is 298 g/mol. The van der Waals surface area contributed by atoms with Crippen molar-refractivity contribution in [1.29, 1.82) is 0 Å². The van der Waals surface area contributed by atoms with Gasteiger partial charge in [-0.15, -0.1) is 0 Å². The van der Waals surface area contributed by atoms with Gasteiger partial charge >= 0.3 is 0 Å². The second-order valence-electron chi connectivity index (χ2n) is 3.33. The Morgan fingerprint density at radius 2 is 2.24 bits per heavy atom. The maximum absolute atomic E-state index is 4.27. The molecule has 0 aliphatic carbocycles. The van der Waals surface area contributed by atoms with Crippen LogP contribution in [0, 0.1) is 0 Å². The topological polar surface area (TPSA) is 80.5 Å². The maximum Gasteiger partial charge on any atom is 0.224 e. The summed E-state index contributed by atoms with van der Waals surface area (Å²) in [5.41, 5.74) is 0. The van der Waals surface area contributed by atoms with Crippen LogP contribution in [-0.2, 0) is 13.6 Å². The Hall–Kier alpha value is -1.70. The molecule has 0 atom stereocenters. The minimum atomic E-state index is 0.513. The molecule has 0 saturated heterocycles. The van der Waals surface area contributed by atoms with Crippen molar-refractivity contribution in [3.05, 3.63) is 22.8 Å². The normalized spacial score (nSPS) is 10.3. The molecule has 2 N–H and O–H groups in total. The van der Waals surface area contributed by atoms with Gasteiger partial charge in [-0.2, -0.15) is 10.1 Å². The lowest BCUT2D eigenvalue weighted by atomic mass is 10.5. The number of rotatable bonds is 4. The molecule has 0 aliphatic rings. The first-order valence-corrected chi connectivity index (χ1v) is 5.77. The second kappa shape index (κ2) is 5.09. The maximum atomic E-state index is 4.27. The molecular weight excluding hydrogens is 286 g/mol. The molecule has 0 spiro atoms. The highest BCUT2D eigenvalue weighted by atomic mass is 79.9. The highest BCUT2D eigenvalue weighted by Crippen LogP contribution is 2.20. The molecule has 90 valence electrons. The van der Waals surface area contributed by atoms with E-state index in [-0.39, 0.29) is 0 Å². The van der Waals surface area contributed by atoms with Crippen molar-refractivity contribution >= 4 is 27.7 Å². The Labute approximate surface area is 107 Å². The Kier molecular flexibility index (Phi) is 3.52. The molecule has 0 amide bonds. The fraction of sp³-hybridized carbons (Fsp3) is 0.333. The molecule has 0 bridgehead atoms. The van der Waals surface area contributed by atoms with Crippen molar-refractivity contribution in [3.8, 4) is 0 Å². The number of nitrogens with one attached hydrogen (secondary N) is 2. The van der Waals surface area contributed by atoms with E-state index in [0.717, 1.165) is 4.47 Å². The highest BCUT2D eigenvalue weighted by molar-refractivity contribution is 9.10. The van der Waals surface area contributed by atoms with Crippen molar-refractivity contribution < 1.29 is 0 Å². The third-order valence-corrected chi connectivity index (χ3v) is 2.61. The molecular formula is C9H12BrN7. The zero-order valence-electron chi connectivity index (χ0n) is 9.48. The first kappa shape index (κ1) is 11.8. The van der Waals surface area contributed by atoms with Crippen LogP contribution in [0.4, 0.5) is 11.8 Å². The number of hydrogen-bond donors (Lipinski definition) is 2. The Morgan fingerprint density at radius 1 is 1.41 bits per heavy atom. The Bertz CT molecular complexity index is 510. The molecule has 0 saturated carbocycles. The zero-order valence-corrected chi connectivity index (χ0v) is 11.1. The van der Waals surface area contributed by atoms with Crippen LogP contribution in [0.2, 0.25) is 0 Å². The van der Waals surface area contributed by atoms with E-state index in [0.29, 0.717) is 24.1 Å². The minimum Gasteiger partial charge on any atom is -0.362 e. The predicted molar refractivity (Wildman–Crippen MR) is 67.6 cm³/mol. The lowest BCUT2D eigenvalue weighted by molar-refractivity contribution is 0.747. The molecule has 0 radical (unpaired) electrons. The van der Waals surface area contributed by atoms with Gasteiger partial charge in [-0.1, -0.05) is 0 Å². The van der Waals surface area contributed by atoms with E-state index < -0.39 is 0 Å². The van der Waals surface area contributed by atoms with Crippen LogP contribution in [0.3, 0.4) is 0 Å². The van der Waals surface area contributed by atoms with Gasteiger partial charge in [-0.25, -0.2) is 9.97 Å². The average Bonchev–Trinajstić information content (AvgIpc) is 2.74. The number of hydrogen-bond acceptors (Lipinski definition) is 6. The van der Waals surface area contributed by atoms with E-state index in [1.165, 1.54) is 0 Å². The monoisotopic (exact) mass is 297 g/mol. The molecule has 17 heavy (non-hydrogen) atoms. The van der Waals surface area contributed by atoms with Crippen LogP contribution in [0.25, 0.3) is 0 Å². The lowest BCUT2D eigenvalue weighted by Gasteiger charge is -2.06. The molecule has 0 fully saturated rings. The lowest BCUT2D eigenvalue weighted by Crippen LogP contribution is -2.06. The van der Waals surface area contributed by atoms with Crippen molar-refractivity contribution in [2.75, 3.05) is 17.7 Å². The quantitative estimate of drug-likeness (QED) is 0.877. The SMILES string of the molecule is CNc1ncc(Br)c(NCc2ncn(C)n2)n1. The van der Waals surface area contributed by atoms with Gasteiger partial charge in [0.15, 0.2) is 5.82 Å². The summed E-state index contributed by atoms with van der Waals surface area (Å²) in [6.45, 7) is 0.513. The van der Waals surface area contributed by atoms with Gasteiger partial charge in [0.05, 0.1) is 11.0 Å². The summed E-state index contributed by atoms with van der Waals surface area (Å²) < 4.78 is 2.46. The van der Waals surface area contributed by atoms with Crippen molar-refractivity contribution in [2.24, 2.45) is 7.05 Å². The third-order valence-electron chi connectivity index (χ3n) is 2.03. The van der Waals surface area contributed by atoms with Crippen molar-refractivity contribution in [2.45, 2.75) is 6.54 Å². The fourth-order valence-corrected chi connectivity index (χ4v) is 1.57. The fourth-order valence-electron chi connectivity index (χ4n) is 1.24. The second-order valence-corrected chi connectivity index (χ2v) is 4.18. The largest absolute Gasteiger partial charge is 0.362 e. The number of aryl methyl sites for hydroxylation is 1. The van der Waals surface area contributed by atoms with Gasteiger partial charge in [0.1, 0.15) is 12.1 Å². The molecule has 7 nitrogen and oxygen atoms in total. The number of aromatic nitrogens is 5. The number of halogens is 1. The van der Waals surface area contributed by atoms with Gasteiger partial charge in [0.25, 0.3) is 0 Å². The standard InChI is InChI=1S/C9H12BrN7/c1-11-9-13-3-6(10)8(15-9)12-4-7-14-5-17(2)16-7/h3,5H,4H2,1-2H3,(H2,11,12,13,15). The van der Waals surface area contributed by atoms with Crippen LogP contribution < -0.4 is 10.6 Å². The Balaban J connectivity index is 2.07. The van der Waals surface area contributed by atoms with Crippen LogP contribution in [-0.4, -0.2) is 31.8 Å². The van der Waals surface area contributed by atoms with Gasteiger partial charge in [0.2, 0.25) is 5.95 Å². The van der Waals surface area contributed by atoms with E-state index in [2.05, 4.69) is 46.6 Å². The van der Waals surface area contributed by atoms with Crippen molar-refractivity contribution in [1.82, 2.24) is 24.7 Å². The summed E-state index contributed by atoms with van der Waals surface area (Å²) in [7, 11) is 3.60. The molecule has 2 aromatic heterocycles. The number of nitrogens with zero attached hydrogens (tertiary/aromatic N) is 5. The van der Waals surface area contributed by atoms with E-state index in [1.807, 2.05) is 7.05 Å². The molecule has 2 aromatic rings. The van der Waals surface area contributed by atoms with Crippen LogP contribution in [0.1, 0.15) is 5.82 Å². The van der Waals surface area contributed by atoms with E-state index in [9.17, 15) is 0 Å². The summed E-state index contributed by atoms with van der Waals surface area (Å²) in [5, 5.41) is 10.2. The van der Waals surface area contributed by atoms with Crippen LogP contribution >= 0.6 is 15.9 Å². The predicted octanol–water partition coefficient (Wildman–Crippen LogP) is 1.02. The molecule has 0 aliphatic heterocycles. The molecule has 8 heteroatoms. The summed E-state index contributed by atoms with van der Waals surface area (Å²) in [6, 6.07) is 0. The molecule has 0 unspecified atom stereocenters. The number of anilines is 2. The first-order valence-electron chi connectivity index (χ1n) is 4.97. The highest BCUT2D eigenvalue weighted by Gasteiger charge is 2.05. The first-order chi connectivity index (χ1) is 8.19.